The standard InChI is InChI=1S/C17H20N6O2/c24-16(14-11-13-3-1-2-6-23(13)20-14)21-7-9-22(10-8-21)17(25)15-12-18-4-5-19-15/h4-5,11-12H,1-3,6-10H2. The SMILES string of the molecule is O=C(c1cnccn1)N1CCN(C(=O)c2cc3n(n2)CCCC3)CC1. The lowest BCUT2D eigenvalue weighted by atomic mass is 10.1. The fourth-order valence-electron chi connectivity index (χ4n) is 3.37. The smallest absolute Gasteiger partial charge is 0.274 e. The third kappa shape index (κ3) is 3.11. The van der Waals surface area contributed by atoms with Crippen LogP contribution in [0.4, 0.5) is 0 Å². The van der Waals surface area contributed by atoms with Crippen molar-refractivity contribution >= 4 is 11.8 Å². The van der Waals surface area contributed by atoms with E-state index in [4.69, 9.17) is 0 Å². The van der Waals surface area contributed by atoms with Crippen LogP contribution in [0.1, 0.15) is 39.5 Å². The zero-order chi connectivity index (χ0) is 17.2. The molecule has 0 bridgehead atoms. The zero-order valence-corrected chi connectivity index (χ0v) is 14.0. The largest absolute Gasteiger partial charge is 0.334 e. The first-order valence-electron chi connectivity index (χ1n) is 8.63. The van der Waals surface area contributed by atoms with Gasteiger partial charge in [0.1, 0.15) is 5.69 Å². The average Bonchev–Trinajstić information content (AvgIpc) is 3.12. The molecule has 2 aliphatic rings. The van der Waals surface area contributed by atoms with E-state index in [1.54, 1.807) is 9.80 Å². The molecule has 0 atom stereocenters. The molecule has 1 saturated heterocycles. The zero-order valence-electron chi connectivity index (χ0n) is 14.0. The van der Waals surface area contributed by atoms with Crippen molar-refractivity contribution in [2.24, 2.45) is 0 Å². The van der Waals surface area contributed by atoms with Gasteiger partial charge < -0.3 is 9.80 Å². The second-order valence-electron chi connectivity index (χ2n) is 6.38. The number of nitrogens with zero attached hydrogens (tertiary/aromatic N) is 6. The quantitative estimate of drug-likeness (QED) is 0.800. The van der Waals surface area contributed by atoms with Crippen molar-refractivity contribution in [2.75, 3.05) is 26.2 Å². The Balaban J connectivity index is 1.39. The molecule has 25 heavy (non-hydrogen) atoms. The molecule has 0 N–H and O–H groups in total. The van der Waals surface area contributed by atoms with Gasteiger partial charge in [0.25, 0.3) is 11.8 Å². The van der Waals surface area contributed by atoms with Crippen LogP contribution >= 0.6 is 0 Å². The Bertz CT molecular complexity index is 756. The molecule has 2 aromatic heterocycles. The van der Waals surface area contributed by atoms with Gasteiger partial charge in [-0.2, -0.15) is 5.10 Å². The molecule has 8 heteroatoms. The van der Waals surface area contributed by atoms with Gasteiger partial charge >= 0.3 is 0 Å². The summed E-state index contributed by atoms with van der Waals surface area (Å²) in [6.07, 6.45) is 7.77. The number of aromatic nitrogens is 4. The summed E-state index contributed by atoms with van der Waals surface area (Å²) >= 11 is 0. The fourth-order valence-corrected chi connectivity index (χ4v) is 3.37. The highest BCUT2D eigenvalue weighted by Gasteiger charge is 2.28. The van der Waals surface area contributed by atoms with Gasteiger partial charge in [0.05, 0.1) is 6.20 Å². The van der Waals surface area contributed by atoms with E-state index in [0.717, 1.165) is 31.5 Å². The Morgan fingerprint density at radius 3 is 2.24 bits per heavy atom. The summed E-state index contributed by atoms with van der Waals surface area (Å²) in [5.41, 5.74) is 2.00. The lowest BCUT2D eigenvalue weighted by Gasteiger charge is -2.34. The van der Waals surface area contributed by atoms with Gasteiger partial charge in [-0.05, 0) is 25.3 Å². The van der Waals surface area contributed by atoms with Crippen molar-refractivity contribution in [3.05, 3.63) is 41.7 Å². The molecule has 4 rings (SSSR count). The van der Waals surface area contributed by atoms with Crippen LogP contribution in [-0.2, 0) is 13.0 Å². The molecule has 130 valence electrons. The molecule has 2 aromatic rings. The van der Waals surface area contributed by atoms with Crippen LogP contribution in [0, 0.1) is 0 Å². The molecule has 2 amide bonds. The van der Waals surface area contributed by atoms with Crippen LogP contribution in [0.25, 0.3) is 0 Å². The van der Waals surface area contributed by atoms with E-state index < -0.39 is 0 Å². The number of hydrogen-bond acceptors (Lipinski definition) is 5. The normalized spacial score (nSPS) is 17.3. The fraction of sp³-hybridized carbons (Fsp3) is 0.471. The van der Waals surface area contributed by atoms with E-state index in [1.165, 1.54) is 18.6 Å². The molecule has 0 radical (unpaired) electrons. The topological polar surface area (TPSA) is 84.2 Å². The molecule has 0 aromatic carbocycles. The number of aryl methyl sites for hydroxylation is 2. The second-order valence-corrected chi connectivity index (χ2v) is 6.38. The summed E-state index contributed by atoms with van der Waals surface area (Å²) < 4.78 is 1.95. The molecular weight excluding hydrogens is 320 g/mol. The first-order valence-corrected chi connectivity index (χ1v) is 8.63. The lowest BCUT2D eigenvalue weighted by molar-refractivity contribution is 0.0528. The maximum atomic E-state index is 12.7. The summed E-state index contributed by atoms with van der Waals surface area (Å²) in [5.74, 6) is -0.189. The van der Waals surface area contributed by atoms with E-state index in [-0.39, 0.29) is 11.8 Å². The Labute approximate surface area is 145 Å². The monoisotopic (exact) mass is 340 g/mol. The number of fused-ring (bicyclic) bond motifs is 1. The number of piperazine rings is 1. The number of amides is 2. The molecule has 1 fully saturated rings. The first kappa shape index (κ1) is 15.7. The lowest BCUT2D eigenvalue weighted by Crippen LogP contribution is -2.50. The van der Waals surface area contributed by atoms with E-state index >= 15 is 0 Å². The van der Waals surface area contributed by atoms with Crippen LogP contribution in [-0.4, -0.2) is 67.5 Å². The van der Waals surface area contributed by atoms with Gasteiger partial charge in [0, 0.05) is 50.8 Å². The predicted octanol–water partition coefficient (Wildman–Crippen LogP) is 0.608. The van der Waals surface area contributed by atoms with Crippen molar-refractivity contribution in [2.45, 2.75) is 25.8 Å². The predicted molar refractivity (Wildman–Crippen MR) is 89.0 cm³/mol. The van der Waals surface area contributed by atoms with Gasteiger partial charge in [-0.25, -0.2) is 4.98 Å². The summed E-state index contributed by atoms with van der Waals surface area (Å²) in [7, 11) is 0. The van der Waals surface area contributed by atoms with Crippen molar-refractivity contribution in [1.82, 2.24) is 29.5 Å². The second kappa shape index (κ2) is 6.62. The molecule has 0 saturated carbocycles. The van der Waals surface area contributed by atoms with Crippen LogP contribution < -0.4 is 0 Å². The molecular formula is C17H20N6O2. The molecule has 2 aliphatic heterocycles. The summed E-state index contributed by atoms with van der Waals surface area (Å²) in [6.45, 7) is 2.90. The van der Waals surface area contributed by atoms with E-state index in [1.807, 2.05) is 10.7 Å². The van der Waals surface area contributed by atoms with Crippen LogP contribution in [0.2, 0.25) is 0 Å². The Morgan fingerprint density at radius 1 is 0.880 bits per heavy atom. The van der Waals surface area contributed by atoms with Crippen molar-refractivity contribution in [1.29, 1.82) is 0 Å². The Hall–Kier alpha value is -2.77. The van der Waals surface area contributed by atoms with Gasteiger partial charge in [-0.15, -0.1) is 0 Å². The van der Waals surface area contributed by atoms with E-state index in [0.29, 0.717) is 37.6 Å². The molecule has 8 nitrogen and oxygen atoms in total. The third-order valence-corrected chi connectivity index (χ3v) is 4.77. The Morgan fingerprint density at radius 2 is 1.60 bits per heavy atom. The van der Waals surface area contributed by atoms with Gasteiger partial charge in [-0.1, -0.05) is 0 Å². The highest BCUT2D eigenvalue weighted by Crippen LogP contribution is 2.17. The Kier molecular flexibility index (Phi) is 4.17. The average molecular weight is 340 g/mol. The molecule has 0 spiro atoms. The molecule has 0 aliphatic carbocycles. The number of carbonyl (C=O) groups is 2. The van der Waals surface area contributed by atoms with Crippen molar-refractivity contribution < 1.29 is 9.59 Å². The van der Waals surface area contributed by atoms with Crippen molar-refractivity contribution in [3.8, 4) is 0 Å². The highest BCUT2D eigenvalue weighted by atomic mass is 16.2. The van der Waals surface area contributed by atoms with Gasteiger partial charge in [0.15, 0.2) is 5.69 Å². The van der Waals surface area contributed by atoms with Crippen LogP contribution in [0.15, 0.2) is 24.7 Å². The molecule has 4 heterocycles. The summed E-state index contributed by atoms with van der Waals surface area (Å²) in [6, 6.07) is 1.92. The van der Waals surface area contributed by atoms with E-state index in [9.17, 15) is 9.59 Å². The third-order valence-electron chi connectivity index (χ3n) is 4.77. The number of hydrogen-bond donors (Lipinski definition) is 0. The summed E-state index contributed by atoms with van der Waals surface area (Å²) in [4.78, 5) is 36.5. The van der Waals surface area contributed by atoms with Crippen molar-refractivity contribution in [3.63, 3.8) is 0 Å². The maximum absolute atomic E-state index is 12.7. The maximum Gasteiger partial charge on any atom is 0.274 e. The number of carbonyl (C=O) groups excluding carboxylic acids is 2. The van der Waals surface area contributed by atoms with Gasteiger partial charge in [0.2, 0.25) is 0 Å². The molecule has 0 unspecified atom stereocenters. The number of rotatable bonds is 2. The van der Waals surface area contributed by atoms with E-state index in [2.05, 4.69) is 15.1 Å². The van der Waals surface area contributed by atoms with Crippen LogP contribution in [0.5, 0.6) is 0 Å². The first-order chi connectivity index (χ1) is 12.2. The van der Waals surface area contributed by atoms with Crippen LogP contribution in [0.3, 0.4) is 0 Å². The van der Waals surface area contributed by atoms with Gasteiger partial charge in [-0.3, -0.25) is 19.3 Å². The minimum Gasteiger partial charge on any atom is -0.334 e. The summed E-state index contributed by atoms with van der Waals surface area (Å²) in [5, 5.41) is 4.45. The minimum atomic E-state index is -0.141. The minimum absolute atomic E-state index is 0.0477. The highest BCUT2D eigenvalue weighted by molar-refractivity contribution is 5.94.